The second-order valence-corrected chi connectivity index (χ2v) is 4.33. The molecule has 3 N–H and O–H groups in total. The molecule has 1 saturated carbocycles. The Labute approximate surface area is 94.8 Å². The molecule has 1 rings (SSSR count). The minimum atomic E-state index is -1.09. The summed E-state index contributed by atoms with van der Waals surface area (Å²) in [5.41, 5.74) is 0. The molecule has 0 heterocycles. The molecule has 0 aliphatic heterocycles. The summed E-state index contributed by atoms with van der Waals surface area (Å²) in [7, 11) is 0. The van der Waals surface area contributed by atoms with Crippen molar-refractivity contribution in [1.82, 2.24) is 5.32 Å². The number of carboxylic acids is 1. The van der Waals surface area contributed by atoms with Gasteiger partial charge in [-0.15, -0.1) is 0 Å². The van der Waals surface area contributed by atoms with Crippen molar-refractivity contribution in [2.75, 3.05) is 6.61 Å². The Kier molecular flexibility index (Phi) is 5.25. The van der Waals surface area contributed by atoms with Gasteiger partial charge in [0.2, 0.25) is 5.91 Å². The van der Waals surface area contributed by atoms with Crippen LogP contribution < -0.4 is 5.32 Å². The number of hydrogen-bond acceptors (Lipinski definition) is 3. The zero-order chi connectivity index (χ0) is 12.0. The number of carbonyl (C=O) groups is 2. The summed E-state index contributed by atoms with van der Waals surface area (Å²) in [6, 6.07) is -0.959. The van der Waals surface area contributed by atoms with Crippen LogP contribution in [0.15, 0.2) is 0 Å². The fraction of sp³-hybridized carbons (Fsp3) is 0.818. The Balaban J connectivity index is 2.32. The van der Waals surface area contributed by atoms with Crippen LogP contribution >= 0.6 is 0 Å². The van der Waals surface area contributed by atoms with Crippen LogP contribution in [0.2, 0.25) is 0 Å². The van der Waals surface area contributed by atoms with Crippen LogP contribution in [0.1, 0.15) is 38.5 Å². The normalized spacial score (nSPS) is 18.3. The SMILES string of the molecule is O=C(CC1CCCC1)N[C@H](CCO)C(=O)O. The van der Waals surface area contributed by atoms with E-state index < -0.39 is 12.0 Å². The molecule has 1 aliphatic rings. The molecule has 1 aliphatic carbocycles. The lowest BCUT2D eigenvalue weighted by Crippen LogP contribution is -2.41. The van der Waals surface area contributed by atoms with Crippen LogP contribution in [0.5, 0.6) is 0 Å². The minimum absolute atomic E-state index is 0.0613. The zero-order valence-electron chi connectivity index (χ0n) is 9.32. The van der Waals surface area contributed by atoms with Gasteiger partial charge in [0.15, 0.2) is 0 Å². The Morgan fingerprint density at radius 1 is 1.31 bits per heavy atom. The summed E-state index contributed by atoms with van der Waals surface area (Å²) in [4.78, 5) is 22.3. The van der Waals surface area contributed by atoms with E-state index in [4.69, 9.17) is 10.2 Å². The topological polar surface area (TPSA) is 86.6 Å². The molecule has 0 unspecified atom stereocenters. The van der Waals surface area contributed by atoms with Crippen LogP contribution in [-0.4, -0.2) is 34.7 Å². The molecule has 16 heavy (non-hydrogen) atoms. The highest BCUT2D eigenvalue weighted by molar-refractivity contribution is 5.83. The molecule has 1 amide bonds. The third-order valence-electron chi connectivity index (χ3n) is 3.00. The molecule has 0 aromatic heterocycles. The average Bonchev–Trinajstić information content (AvgIpc) is 2.69. The highest BCUT2D eigenvalue weighted by Gasteiger charge is 2.22. The van der Waals surface area contributed by atoms with Gasteiger partial charge in [-0.25, -0.2) is 4.79 Å². The van der Waals surface area contributed by atoms with Crippen LogP contribution in [0, 0.1) is 5.92 Å². The van der Waals surface area contributed by atoms with E-state index >= 15 is 0 Å². The summed E-state index contributed by atoms with van der Waals surface area (Å²) in [6.45, 7) is -0.235. The Morgan fingerprint density at radius 2 is 1.94 bits per heavy atom. The summed E-state index contributed by atoms with van der Waals surface area (Å²) in [5, 5.41) is 19.9. The van der Waals surface area contributed by atoms with E-state index in [9.17, 15) is 9.59 Å². The molecule has 0 saturated heterocycles. The van der Waals surface area contributed by atoms with Crippen LogP contribution in [0.3, 0.4) is 0 Å². The van der Waals surface area contributed by atoms with E-state index in [2.05, 4.69) is 5.32 Å². The number of rotatable bonds is 6. The second kappa shape index (κ2) is 6.48. The number of aliphatic hydroxyl groups excluding tert-OH is 1. The molecule has 5 heteroatoms. The largest absolute Gasteiger partial charge is 0.480 e. The van der Waals surface area contributed by atoms with Crippen molar-refractivity contribution >= 4 is 11.9 Å². The monoisotopic (exact) mass is 229 g/mol. The molecule has 0 aromatic carbocycles. The van der Waals surface area contributed by atoms with Gasteiger partial charge in [0.25, 0.3) is 0 Å². The Hall–Kier alpha value is -1.10. The minimum Gasteiger partial charge on any atom is -0.480 e. The highest BCUT2D eigenvalue weighted by atomic mass is 16.4. The van der Waals surface area contributed by atoms with Gasteiger partial charge in [0.05, 0.1) is 0 Å². The molecule has 92 valence electrons. The number of hydrogen-bond donors (Lipinski definition) is 3. The summed E-state index contributed by atoms with van der Waals surface area (Å²) in [6.07, 6.45) is 4.92. The summed E-state index contributed by atoms with van der Waals surface area (Å²) < 4.78 is 0. The number of carboxylic acid groups (broad SMARTS) is 1. The van der Waals surface area contributed by atoms with Crippen molar-refractivity contribution < 1.29 is 19.8 Å². The maximum atomic E-state index is 11.5. The number of amides is 1. The van der Waals surface area contributed by atoms with E-state index in [1.54, 1.807) is 0 Å². The molecule has 1 atom stereocenters. The predicted molar refractivity (Wildman–Crippen MR) is 57.8 cm³/mol. The highest BCUT2D eigenvalue weighted by Crippen LogP contribution is 2.27. The van der Waals surface area contributed by atoms with Crippen molar-refractivity contribution in [3.05, 3.63) is 0 Å². The van der Waals surface area contributed by atoms with Gasteiger partial charge in [0, 0.05) is 19.4 Å². The molecule has 0 spiro atoms. The number of aliphatic carboxylic acids is 1. The van der Waals surface area contributed by atoms with E-state index in [0.717, 1.165) is 25.7 Å². The maximum absolute atomic E-state index is 11.5. The first-order valence-corrected chi connectivity index (χ1v) is 5.76. The number of aliphatic hydroxyl groups is 1. The van der Waals surface area contributed by atoms with E-state index in [-0.39, 0.29) is 18.9 Å². The van der Waals surface area contributed by atoms with Gasteiger partial charge in [-0.1, -0.05) is 12.8 Å². The van der Waals surface area contributed by atoms with E-state index in [0.29, 0.717) is 12.3 Å². The predicted octanol–water partition coefficient (Wildman–Crippen LogP) is 0.518. The van der Waals surface area contributed by atoms with Crippen LogP contribution in [0.25, 0.3) is 0 Å². The summed E-state index contributed by atoms with van der Waals surface area (Å²) in [5.74, 6) is -0.898. The van der Waals surface area contributed by atoms with Gasteiger partial charge < -0.3 is 15.5 Å². The molecular weight excluding hydrogens is 210 g/mol. The lowest BCUT2D eigenvalue weighted by atomic mass is 10.0. The molecule has 5 nitrogen and oxygen atoms in total. The Bertz CT molecular complexity index is 248. The van der Waals surface area contributed by atoms with Gasteiger partial charge in [-0.05, 0) is 18.8 Å². The standard InChI is InChI=1S/C11H19NO4/c13-6-5-9(11(15)16)12-10(14)7-8-3-1-2-4-8/h8-9,13H,1-7H2,(H,12,14)(H,15,16)/t9-/m1/s1. The van der Waals surface area contributed by atoms with Crippen molar-refractivity contribution in [2.45, 2.75) is 44.6 Å². The Morgan fingerprint density at radius 3 is 2.44 bits per heavy atom. The zero-order valence-corrected chi connectivity index (χ0v) is 9.32. The first-order chi connectivity index (χ1) is 7.63. The fourth-order valence-electron chi connectivity index (χ4n) is 2.12. The number of nitrogens with one attached hydrogen (secondary N) is 1. The maximum Gasteiger partial charge on any atom is 0.326 e. The fourth-order valence-corrected chi connectivity index (χ4v) is 2.12. The van der Waals surface area contributed by atoms with E-state index in [1.165, 1.54) is 0 Å². The second-order valence-electron chi connectivity index (χ2n) is 4.33. The first kappa shape index (κ1) is 13.0. The molecular formula is C11H19NO4. The van der Waals surface area contributed by atoms with Gasteiger partial charge in [-0.3, -0.25) is 4.79 Å². The van der Waals surface area contributed by atoms with Crippen molar-refractivity contribution in [1.29, 1.82) is 0 Å². The third-order valence-corrected chi connectivity index (χ3v) is 3.00. The van der Waals surface area contributed by atoms with Crippen LogP contribution in [-0.2, 0) is 9.59 Å². The number of carbonyl (C=O) groups excluding carboxylic acids is 1. The quantitative estimate of drug-likeness (QED) is 0.619. The molecule has 0 bridgehead atoms. The summed E-state index contributed by atoms with van der Waals surface area (Å²) >= 11 is 0. The van der Waals surface area contributed by atoms with Crippen molar-refractivity contribution in [3.8, 4) is 0 Å². The van der Waals surface area contributed by atoms with Gasteiger partial charge in [0.1, 0.15) is 6.04 Å². The lowest BCUT2D eigenvalue weighted by Gasteiger charge is -2.15. The van der Waals surface area contributed by atoms with Crippen molar-refractivity contribution in [2.24, 2.45) is 5.92 Å². The van der Waals surface area contributed by atoms with Crippen molar-refractivity contribution in [3.63, 3.8) is 0 Å². The molecule has 0 radical (unpaired) electrons. The molecule has 1 fully saturated rings. The molecule has 0 aromatic rings. The lowest BCUT2D eigenvalue weighted by molar-refractivity contribution is -0.142. The van der Waals surface area contributed by atoms with Gasteiger partial charge in [-0.2, -0.15) is 0 Å². The van der Waals surface area contributed by atoms with Crippen LogP contribution in [0.4, 0.5) is 0 Å². The third kappa shape index (κ3) is 4.18. The average molecular weight is 229 g/mol. The smallest absolute Gasteiger partial charge is 0.326 e. The van der Waals surface area contributed by atoms with Gasteiger partial charge >= 0.3 is 5.97 Å². The first-order valence-electron chi connectivity index (χ1n) is 5.76. The van der Waals surface area contributed by atoms with E-state index in [1.807, 2.05) is 0 Å².